The van der Waals surface area contributed by atoms with Crippen molar-refractivity contribution in [3.05, 3.63) is 63.7 Å². The summed E-state index contributed by atoms with van der Waals surface area (Å²) in [6, 6.07) is 11.0. The van der Waals surface area contributed by atoms with Gasteiger partial charge in [0, 0.05) is 17.7 Å². The summed E-state index contributed by atoms with van der Waals surface area (Å²) in [6.45, 7) is 0.165. The van der Waals surface area contributed by atoms with Crippen LogP contribution >= 0.6 is 0 Å². The van der Waals surface area contributed by atoms with Gasteiger partial charge in [-0.2, -0.15) is 0 Å². The minimum absolute atomic E-state index is 0.0133. The second-order valence-corrected chi connectivity index (χ2v) is 4.24. The summed E-state index contributed by atoms with van der Waals surface area (Å²) >= 11 is 0. The van der Waals surface area contributed by atoms with Gasteiger partial charge in [0.05, 0.1) is 12.0 Å². The number of ether oxygens (including phenoxy) is 2. The second kappa shape index (κ2) is 6.51. The third-order valence-electron chi connectivity index (χ3n) is 2.84. The van der Waals surface area contributed by atoms with Crippen molar-refractivity contribution in [2.45, 2.75) is 6.61 Å². The van der Waals surface area contributed by atoms with E-state index in [0.29, 0.717) is 28.9 Å². The van der Waals surface area contributed by atoms with E-state index in [4.69, 9.17) is 9.47 Å². The van der Waals surface area contributed by atoms with Crippen molar-refractivity contribution in [3.63, 3.8) is 0 Å². The highest BCUT2D eigenvalue weighted by Gasteiger charge is 2.08. The number of hydrogen-bond acceptors (Lipinski definition) is 5. The summed E-state index contributed by atoms with van der Waals surface area (Å²) in [6.07, 6.45) is 0.715. The molecule has 0 atom stereocenters. The maximum atomic E-state index is 10.7. The highest BCUT2D eigenvalue weighted by molar-refractivity contribution is 5.76. The molecule has 0 radical (unpaired) electrons. The fourth-order valence-electron chi connectivity index (χ4n) is 1.80. The van der Waals surface area contributed by atoms with Gasteiger partial charge in [-0.3, -0.25) is 14.9 Å². The minimum atomic E-state index is -0.455. The van der Waals surface area contributed by atoms with Crippen LogP contribution in [0.5, 0.6) is 11.5 Å². The number of carbonyl (C=O) groups excluding carboxylic acids is 1. The molecule has 0 heterocycles. The number of rotatable bonds is 6. The fourth-order valence-corrected chi connectivity index (χ4v) is 1.80. The lowest BCUT2D eigenvalue weighted by molar-refractivity contribution is -0.384. The topological polar surface area (TPSA) is 78.7 Å². The summed E-state index contributed by atoms with van der Waals surface area (Å²) in [5.41, 5.74) is 1.17. The molecule has 6 heteroatoms. The van der Waals surface area contributed by atoms with Crippen molar-refractivity contribution < 1.29 is 19.2 Å². The predicted octanol–water partition coefficient (Wildman–Crippen LogP) is 2.99. The van der Waals surface area contributed by atoms with Gasteiger partial charge >= 0.3 is 0 Å². The fraction of sp³-hybridized carbons (Fsp3) is 0.133. The van der Waals surface area contributed by atoms with Crippen molar-refractivity contribution in [1.29, 1.82) is 0 Å². The first-order chi connectivity index (χ1) is 10.1. The van der Waals surface area contributed by atoms with E-state index in [2.05, 4.69) is 0 Å². The van der Waals surface area contributed by atoms with Gasteiger partial charge in [-0.1, -0.05) is 12.1 Å². The average molecular weight is 287 g/mol. The van der Waals surface area contributed by atoms with Crippen LogP contribution in [0, 0.1) is 10.1 Å². The van der Waals surface area contributed by atoms with E-state index in [0.717, 1.165) is 0 Å². The third-order valence-corrected chi connectivity index (χ3v) is 2.84. The van der Waals surface area contributed by atoms with Gasteiger partial charge in [0.25, 0.3) is 5.69 Å². The molecule has 0 saturated heterocycles. The van der Waals surface area contributed by atoms with Crippen LogP contribution in [0.25, 0.3) is 0 Å². The molecule has 0 aliphatic rings. The molecule has 0 N–H and O–H groups in total. The Labute approximate surface area is 121 Å². The number of carbonyl (C=O) groups is 1. The number of hydrogen-bond donors (Lipinski definition) is 0. The lowest BCUT2D eigenvalue weighted by Crippen LogP contribution is -1.99. The van der Waals surface area contributed by atoms with Crippen LogP contribution in [0.15, 0.2) is 42.5 Å². The Balaban J connectivity index is 2.14. The van der Waals surface area contributed by atoms with E-state index < -0.39 is 4.92 Å². The van der Waals surface area contributed by atoms with E-state index >= 15 is 0 Å². The van der Waals surface area contributed by atoms with Gasteiger partial charge < -0.3 is 9.47 Å². The number of benzene rings is 2. The number of methoxy groups -OCH3 is 1. The van der Waals surface area contributed by atoms with Gasteiger partial charge in [0.2, 0.25) is 0 Å². The van der Waals surface area contributed by atoms with E-state index in [9.17, 15) is 14.9 Å². The first-order valence-electron chi connectivity index (χ1n) is 6.13. The maximum absolute atomic E-state index is 10.7. The molecule has 108 valence electrons. The molecule has 0 saturated carbocycles. The third kappa shape index (κ3) is 3.56. The van der Waals surface area contributed by atoms with Gasteiger partial charge in [0.1, 0.15) is 12.9 Å². The zero-order valence-corrected chi connectivity index (χ0v) is 11.3. The molecule has 0 unspecified atom stereocenters. The molecule has 0 aromatic heterocycles. The van der Waals surface area contributed by atoms with Gasteiger partial charge in [-0.15, -0.1) is 0 Å². The van der Waals surface area contributed by atoms with Crippen molar-refractivity contribution in [2.24, 2.45) is 0 Å². The van der Waals surface area contributed by atoms with Crippen molar-refractivity contribution in [2.75, 3.05) is 7.11 Å². The van der Waals surface area contributed by atoms with Crippen LogP contribution in [-0.2, 0) is 6.61 Å². The predicted molar refractivity (Wildman–Crippen MR) is 75.8 cm³/mol. The molecule has 0 spiro atoms. The van der Waals surface area contributed by atoms with Gasteiger partial charge in [0.15, 0.2) is 11.5 Å². The molecule has 2 rings (SSSR count). The molecule has 0 fully saturated rings. The highest BCUT2D eigenvalue weighted by atomic mass is 16.6. The smallest absolute Gasteiger partial charge is 0.269 e. The molecule has 0 bridgehead atoms. The van der Waals surface area contributed by atoms with Crippen molar-refractivity contribution >= 4 is 12.0 Å². The zero-order valence-electron chi connectivity index (χ0n) is 11.3. The van der Waals surface area contributed by atoms with E-state index in [1.807, 2.05) is 0 Å². The van der Waals surface area contributed by atoms with E-state index in [-0.39, 0.29) is 12.3 Å². The Kier molecular flexibility index (Phi) is 4.50. The first-order valence-corrected chi connectivity index (χ1v) is 6.13. The average Bonchev–Trinajstić information content (AvgIpc) is 2.53. The molecular weight excluding hydrogens is 274 g/mol. The van der Waals surface area contributed by atoms with Crippen LogP contribution in [0.3, 0.4) is 0 Å². The van der Waals surface area contributed by atoms with Gasteiger partial charge in [-0.25, -0.2) is 0 Å². The lowest BCUT2D eigenvalue weighted by atomic mass is 10.2. The monoisotopic (exact) mass is 287 g/mol. The maximum Gasteiger partial charge on any atom is 0.269 e. The minimum Gasteiger partial charge on any atom is -0.493 e. The summed E-state index contributed by atoms with van der Waals surface area (Å²) in [5.74, 6) is 0.902. The normalized spacial score (nSPS) is 9.95. The summed E-state index contributed by atoms with van der Waals surface area (Å²) < 4.78 is 10.7. The first kappa shape index (κ1) is 14.5. The SMILES string of the molecule is COc1cc(C=O)ccc1OCc1cccc([N+](=O)[O-])c1. The molecular formula is C15H13NO5. The van der Waals surface area contributed by atoms with Crippen LogP contribution < -0.4 is 9.47 Å². The molecule has 2 aromatic carbocycles. The number of nitro groups is 1. The van der Waals surface area contributed by atoms with Crippen LogP contribution in [0.4, 0.5) is 5.69 Å². The molecule has 0 aliphatic heterocycles. The zero-order chi connectivity index (χ0) is 15.2. The van der Waals surface area contributed by atoms with Crippen molar-refractivity contribution in [3.8, 4) is 11.5 Å². The van der Waals surface area contributed by atoms with Crippen LogP contribution in [0.2, 0.25) is 0 Å². The lowest BCUT2D eigenvalue weighted by Gasteiger charge is -2.11. The summed E-state index contributed by atoms with van der Waals surface area (Å²) in [5, 5.41) is 10.7. The summed E-state index contributed by atoms with van der Waals surface area (Å²) in [4.78, 5) is 21.0. The largest absolute Gasteiger partial charge is 0.493 e. The Morgan fingerprint density at radius 2 is 2.00 bits per heavy atom. The Bertz CT molecular complexity index is 669. The molecule has 0 aliphatic carbocycles. The number of nitro benzene ring substituents is 1. The Morgan fingerprint density at radius 1 is 1.19 bits per heavy atom. The Hall–Kier alpha value is -2.89. The molecule has 0 amide bonds. The van der Waals surface area contributed by atoms with E-state index in [1.165, 1.54) is 19.2 Å². The van der Waals surface area contributed by atoms with Crippen molar-refractivity contribution in [1.82, 2.24) is 0 Å². The quantitative estimate of drug-likeness (QED) is 0.463. The number of aldehydes is 1. The number of nitrogens with zero attached hydrogens (tertiary/aromatic N) is 1. The number of non-ortho nitro benzene ring substituents is 1. The molecule has 21 heavy (non-hydrogen) atoms. The standard InChI is InChI=1S/C15H13NO5/c1-20-15-8-11(9-17)5-6-14(15)21-10-12-3-2-4-13(7-12)16(18)19/h2-9H,10H2,1H3. The second-order valence-electron chi connectivity index (χ2n) is 4.24. The van der Waals surface area contributed by atoms with Crippen LogP contribution in [0.1, 0.15) is 15.9 Å². The van der Waals surface area contributed by atoms with Gasteiger partial charge in [-0.05, 0) is 23.8 Å². The summed E-state index contributed by atoms with van der Waals surface area (Å²) in [7, 11) is 1.48. The molecule has 6 nitrogen and oxygen atoms in total. The highest BCUT2D eigenvalue weighted by Crippen LogP contribution is 2.28. The van der Waals surface area contributed by atoms with Crippen LogP contribution in [-0.4, -0.2) is 18.3 Å². The molecule has 2 aromatic rings. The Morgan fingerprint density at radius 3 is 2.67 bits per heavy atom. The van der Waals surface area contributed by atoms with E-state index in [1.54, 1.807) is 30.3 Å².